The van der Waals surface area contributed by atoms with E-state index in [1.807, 2.05) is 25.1 Å². The zero-order valence-electron chi connectivity index (χ0n) is 8.21. The van der Waals surface area contributed by atoms with Gasteiger partial charge in [0.15, 0.2) is 0 Å². The second-order valence-corrected chi connectivity index (χ2v) is 3.07. The van der Waals surface area contributed by atoms with Gasteiger partial charge in [-0.2, -0.15) is 0 Å². The molecule has 0 atom stereocenters. The van der Waals surface area contributed by atoms with Crippen LogP contribution in [0.3, 0.4) is 0 Å². The lowest BCUT2D eigenvalue weighted by molar-refractivity contribution is 0.262. The molecule has 1 aromatic carbocycles. The van der Waals surface area contributed by atoms with Gasteiger partial charge >= 0.3 is 0 Å². The summed E-state index contributed by atoms with van der Waals surface area (Å²) in [5.41, 5.74) is 1.95. The van der Waals surface area contributed by atoms with Crippen LogP contribution in [0, 0.1) is 6.92 Å². The number of benzene rings is 1. The predicted octanol–water partition coefficient (Wildman–Crippen LogP) is 2.28. The Morgan fingerprint density at radius 3 is 2.77 bits per heavy atom. The quantitative estimate of drug-likeness (QED) is 0.770. The van der Waals surface area contributed by atoms with E-state index in [-0.39, 0.29) is 6.61 Å². The molecule has 13 heavy (non-hydrogen) atoms. The van der Waals surface area contributed by atoms with Crippen molar-refractivity contribution in [3.8, 4) is 5.75 Å². The predicted molar refractivity (Wildman–Crippen MR) is 52.9 cm³/mol. The maximum Gasteiger partial charge on any atom is 0.127 e. The molecule has 0 aromatic heterocycles. The van der Waals surface area contributed by atoms with E-state index < -0.39 is 0 Å². The molecule has 0 aliphatic heterocycles. The average Bonchev–Trinajstić information content (AvgIpc) is 2.15. The van der Waals surface area contributed by atoms with Crippen molar-refractivity contribution in [1.82, 2.24) is 0 Å². The Labute approximate surface area is 79.2 Å². The van der Waals surface area contributed by atoms with E-state index in [0.717, 1.165) is 23.3 Å². The van der Waals surface area contributed by atoms with Gasteiger partial charge in [0.2, 0.25) is 0 Å². The van der Waals surface area contributed by atoms with Crippen LogP contribution in [0.5, 0.6) is 5.75 Å². The third kappa shape index (κ3) is 2.46. The summed E-state index contributed by atoms with van der Waals surface area (Å²) in [7, 11) is 0. The van der Waals surface area contributed by atoms with E-state index >= 15 is 0 Å². The summed E-state index contributed by atoms with van der Waals surface area (Å²) in [5, 5.41) is 9.06. The van der Waals surface area contributed by atoms with E-state index in [4.69, 9.17) is 9.84 Å². The first-order chi connectivity index (χ1) is 6.29. The van der Waals surface area contributed by atoms with Gasteiger partial charge in [0.1, 0.15) is 5.75 Å². The zero-order valence-corrected chi connectivity index (χ0v) is 8.21. The van der Waals surface area contributed by atoms with Crippen LogP contribution in [-0.4, -0.2) is 11.7 Å². The molecule has 0 saturated heterocycles. The van der Waals surface area contributed by atoms with Gasteiger partial charge in [-0.3, -0.25) is 0 Å². The molecule has 2 heteroatoms. The molecule has 1 aromatic rings. The first-order valence-corrected chi connectivity index (χ1v) is 4.61. The molecule has 0 spiro atoms. The fourth-order valence-electron chi connectivity index (χ4n) is 1.25. The average molecular weight is 180 g/mol. The summed E-state index contributed by atoms with van der Waals surface area (Å²) in [5.74, 6) is 0.840. The molecular formula is C11H16O2. The number of hydrogen-bond acceptors (Lipinski definition) is 2. The number of para-hydroxylation sites is 1. The third-order valence-electron chi connectivity index (χ3n) is 1.91. The highest BCUT2D eigenvalue weighted by Gasteiger charge is 2.04. The Morgan fingerprint density at radius 1 is 1.38 bits per heavy atom. The molecule has 0 unspecified atom stereocenters. The standard InChI is InChI=1S/C11H16O2/c1-3-7-13-11-9(2)5-4-6-10(11)8-12/h4-6,12H,3,7-8H2,1-2H3. The van der Waals surface area contributed by atoms with Crippen molar-refractivity contribution in [2.75, 3.05) is 6.61 Å². The van der Waals surface area contributed by atoms with Crippen LogP contribution < -0.4 is 4.74 Å². The van der Waals surface area contributed by atoms with Crippen molar-refractivity contribution in [1.29, 1.82) is 0 Å². The largest absolute Gasteiger partial charge is 0.493 e. The summed E-state index contributed by atoms with van der Waals surface area (Å²) in [6.45, 7) is 4.81. The molecule has 72 valence electrons. The first-order valence-electron chi connectivity index (χ1n) is 4.61. The molecule has 0 aliphatic rings. The summed E-state index contributed by atoms with van der Waals surface area (Å²) in [6, 6.07) is 5.81. The van der Waals surface area contributed by atoms with E-state index in [1.165, 1.54) is 0 Å². The normalized spacial score (nSPS) is 10.1. The Morgan fingerprint density at radius 2 is 2.15 bits per heavy atom. The van der Waals surface area contributed by atoms with Gasteiger partial charge in [-0.15, -0.1) is 0 Å². The number of hydrogen-bond donors (Lipinski definition) is 1. The van der Waals surface area contributed by atoms with Crippen LogP contribution in [0.25, 0.3) is 0 Å². The Bertz CT molecular complexity index is 269. The molecular weight excluding hydrogens is 164 g/mol. The lowest BCUT2D eigenvalue weighted by Crippen LogP contribution is -2.00. The lowest BCUT2D eigenvalue weighted by Gasteiger charge is -2.11. The fourth-order valence-corrected chi connectivity index (χ4v) is 1.25. The van der Waals surface area contributed by atoms with Crippen molar-refractivity contribution < 1.29 is 9.84 Å². The van der Waals surface area contributed by atoms with Gasteiger partial charge in [0, 0.05) is 5.56 Å². The minimum Gasteiger partial charge on any atom is -0.493 e. The Kier molecular flexibility index (Phi) is 3.77. The van der Waals surface area contributed by atoms with Crippen molar-refractivity contribution in [2.24, 2.45) is 0 Å². The van der Waals surface area contributed by atoms with Crippen molar-refractivity contribution in [3.63, 3.8) is 0 Å². The molecule has 2 nitrogen and oxygen atoms in total. The summed E-state index contributed by atoms with van der Waals surface area (Å²) in [4.78, 5) is 0. The maximum atomic E-state index is 9.06. The van der Waals surface area contributed by atoms with Gasteiger partial charge in [0.25, 0.3) is 0 Å². The Balaban J connectivity index is 2.87. The number of aryl methyl sites for hydroxylation is 1. The van der Waals surface area contributed by atoms with Crippen LogP contribution >= 0.6 is 0 Å². The van der Waals surface area contributed by atoms with Crippen molar-refractivity contribution in [2.45, 2.75) is 26.9 Å². The van der Waals surface area contributed by atoms with Crippen LogP contribution in [0.1, 0.15) is 24.5 Å². The van der Waals surface area contributed by atoms with Crippen LogP contribution in [0.2, 0.25) is 0 Å². The van der Waals surface area contributed by atoms with Gasteiger partial charge in [0.05, 0.1) is 13.2 Å². The molecule has 0 saturated carbocycles. The minimum atomic E-state index is 0.0424. The molecule has 0 heterocycles. The minimum absolute atomic E-state index is 0.0424. The highest BCUT2D eigenvalue weighted by Crippen LogP contribution is 2.23. The van der Waals surface area contributed by atoms with Crippen molar-refractivity contribution >= 4 is 0 Å². The van der Waals surface area contributed by atoms with E-state index in [9.17, 15) is 0 Å². The highest BCUT2D eigenvalue weighted by molar-refractivity contribution is 5.40. The second kappa shape index (κ2) is 4.87. The van der Waals surface area contributed by atoms with E-state index in [1.54, 1.807) is 0 Å². The first kappa shape index (κ1) is 10.1. The summed E-state index contributed by atoms with van der Waals surface area (Å²) < 4.78 is 5.55. The summed E-state index contributed by atoms with van der Waals surface area (Å²) >= 11 is 0. The molecule has 0 bridgehead atoms. The maximum absolute atomic E-state index is 9.06. The second-order valence-electron chi connectivity index (χ2n) is 3.07. The number of aliphatic hydroxyl groups is 1. The number of rotatable bonds is 4. The number of ether oxygens (including phenoxy) is 1. The fraction of sp³-hybridized carbons (Fsp3) is 0.455. The molecule has 0 aliphatic carbocycles. The highest BCUT2D eigenvalue weighted by atomic mass is 16.5. The summed E-state index contributed by atoms with van der Waals surface area (Å²) in [6.07, 6.45) is 0.985. The van der Waals surface area contributed by atoms with Crippen LogP contribution in [0.15, 0.2) is 18.2 Å². The molecule has 0 amide bonds. The zero-order chi connectivity index (χ0) is 9.68. The van der Waals surface area contributed by atoms with Crippen LogP contribution in [0.4, 0.5) is 0 Å². The van der Waals surface area contributed by atoms with Gasteiger partial charge in [-0.25, -0.2) is 0 Å². The van der Waals surface area contributed by atoms with Crippen molar-refractivity contribution in [3.05, 3.63) is 29.3 Å². The lowest BCUT2D eigenvalue weighted by atomic mass is 10.1. The molecule has 0 fully saturated rings. The van der Waals surface area contributed by atoms with Gasteiger partial charge in [-0.05, 0) is 18.9 Å². The number of aliphatic hydroxyl groups excluding tert-OH is 1. The third-order valence-corrected chi connectivity index (χ3v) is 1.91. The van der Waals surface area contributed by atoms with Crippen LogP contribution in [-0.2, 0) is 6.61 Å². The van der Waals surface area contributed by atoms with E-state index in [2.05, 4.69) is 6.92 Å². The monoisotopic (exact) mass is 180 g/mol. The Hall–Kier alpha value is -1.02. The molecule has 0 radical (unpaired) electrons. The molecule has 1 N–H and O–H groups in total. The van der Waals surface area contributed by atoms with Gasteiger partial charge in [-0.1, -0.05) is 25.1 Å². The van der Waals surface area contributed by atoms with Gasteiger partial charge < -0.3 is 9.84 Å². The smallest absolute Gasteiger partial charge is 0.127 e. The topological polar surface area (TPSA) is 29.5 Å². The SMILES string of the molecule is CCCOc1c(C)cccc1CO. The van der Waals surface area contributed by atoms with E-state index in [0.29, 0.717) is 6.61 Å². The molecule has 1 rings (SSSR count).